The number of benzene rings is 1. The lowest BCUT2D eigenvalue weighted by atomic mass is 9.76. The zero-order valence-corrected chi connectivity index (χ0v) is 15.0. The zero-order valence-electron chi connectivity index (χ0n) is 15.0. The molecule has 2 saturated heterocycles. The molecule has 1 spiro atoms. The molecule has 2 fully saturated rings. The average Bonchev–Trinajstić information content (AvgIpc) is 2.91. The van der Waals surface area contributed by atoms with Gasteiger partial charge in [0.15, 0.2) is 0 Å². The molecule has 2 heterocycles. The minimum atomic E-state index is -0.637. The third kappa shape index (κ3) is 3.81. The van der Waals surface area contributed by atoms with Crippen LogP contribution in [0.1, 0.15) is 43.7 Å². The molecule has 1 aromatic rings. The van der Waals surface area contributed by atoms with Crippen LogP contribution in [0.2, 0.25) is 0 Å². The van der Waals surface area contributed by atoms with Crippen molar-refractivity contribution in [3.05, 3.63) is 35.4 Å². The highest BCUT2D eigenvalue weighted by molar-refractivity contribution is 5.74. The fourth-order valence-corrected chi connectivity index (χ4v) is 4.41. The van der Waals surface area contributed by atoms with Gasteiger partial charge in [-0.05, 0) is 63.2 Å². The summed E-state index contributed by atoms with van der Waals surface area (Å²) in [4.78, 5) is 16.3. The van der Waals surface area contributed by atoms with Crippen molar-refractivity contribution in [3.8, 4) is 0 Å². The molecule has 3 rings (SSSR count). The Kier molecular flexibility index (Phi) is 5.26. The van der Waals surface area contributed by atoms with Crippen LogP contribution in [0.3, 0.4) is 0 Å². The lowest BCUT2D eigenvalue weighted by Gasteiger charge is -2.39. The summed E-state index contributed by atoms with van der Waals surface area (Å²) in [6.07, 6.45) is 4.12. The Morgan fingerprint density at radius 1 is 1.25 bits per heavy atom. The molecule has 132 valence electrons. The van der Waals surface area contributed by atoms with E-state index < -0.39 is 5.97 Å². The van der Waals surface area contributed by atoms with Crippen LogP contribution in [-0.4, -0.2) is 53.1 Å². The van der Waals surface area contributed by atoms with E-state index in [1.807, 2.05) is 0 Å². The second-order valence-electron chi connectivity index (χ2n) is 7.79. The third-order valence-corrected chi connectivity index (χ3v) is 5.85. The zero-order chi connectivity index (χ0) is 17.2. The molecular formula is C20H30N2O2. The fraction of sp³-hybridized carbons (Fsp3) is 0.650. The molecule has 4 heteroatoms. The predicted molar refractivity (Wildman–Crippen MR) is 96.0 cm³/mol. The molecule has 1 aromatic carbocycles. The smallest absolute Gasteiger partial charge is 0.320 e. The monoisotopic (exact) mass is 330 g/mol. The van der Waals surface area contributed by atoms with Crippen LogP contribution in [0.5, 0.6) is 0 Å². The van der Waals surface area contributed by atoms with Gasteiger partial charge in [0.1, 0.15) is 6.04 Å². The molecule has 0 saturated carbocycles. The molecule has 1 atom stereocenters. The van der Waals surface area contributed by atoms with Crippen molar-refractivity contribution in [1.82, 2.24) is 9.80 Å². The van der Waals surface area contributed by atoms with E-state index in [-0.39, 0.29) is 11.5 Å². The molecule has 0 amide bonds. The van der Waals surface area contributed by atoms with Gasteiger partial charge in [0.2, 0.25) is 0 Å². The Hall–Kier alpha value is -1.39. The lowest BCUT2D eigenvalue weighted by Crippen LogP contribution is -2.41. The van der Waals surface area contributed by atoms with Gasteiger partial charge in [-0.1, -0.05) is 36.8 Å². The fourth-order valence-electron chi connectivity index (χ4n) is 4.41. The quantitative estimate of drug-likeness (QED) is 0.901. The maximum absolute atomic E-state index is 11.6. The predicted octanol–water partition coefficient (Wildman–Crippen LogP) is 3.15. The molecule has 0 aliphatic carbocycles. The van der Waals surface area contributed by atoms with Crippen molar-refractivity contribution in [2.45, 2.75) is 52.1 Å². The Balaban J connectivity index is 1.58. The van der Waals surface area contributed by atoms with Gasteiger partial charge in [-0.3, -0.25) is 14.6 Å². The van der Waals surface area contributed by atoms with Gasteiger partial charge in [0.05, 0.1) is 0 Å². The standard InChI is InChI=1S/C20H30N2O2/c1-3-10-22-15-20(13-18(22)19(23)24)8-11-21(12-9-20)14-17-6-4-16(2)5-7-17/h4-7,18H,3,8-15H2,1-2H3,(H,23,24)/t18-/m0/s1. The number of rotatable bonds is 5. The summed E-state index contributed by atoms with van der Waals surface area (Å²) in [6.45, 7) is 9.31. The van der Waals surface area contributed by atoms with Gasteiger partial charge in [-0.25, -0.2) is 0 Å². The number of piperidine rings is 1. The van der Waals surface area contributed by atoms with Crippen LogP contribution in [0.4, 0.5) is 0 Å². The van der Waals surface area contributed by atoms with Gasteiger partial charge in [-0.15, -0.1) is 0 Å². The van der Waals surface area contributed by atoms with Crippen LogP contribution >= 0.6 is 0 Å². The number of aryl methyl sites for hydroxylation is 1. The average molecular weight is 330 g/mol. The van der Waals surface area contributed by atoms with Crippen molar-refractivity contribution in [2.75, 3.05) is 26.2 Å². The molecule has 0 radical (unpaired) electrons. The molecule has 0 unspecified atom stereocenters. The van der Waals surface area contributed by atoms with Crippen LogP contribution < -0.4 is 0 Å². The highest BCUT2D eigenvalue weighted by atomic mass is 16.4. The Morgan fingerprint density at radius 2 is 1.92 bits per heavy atom. The van der Waals surface area contributed by atoms with E-state index in [4.69, 9.17) is 0 Å². The van der Waals surface area contributed by atoms with Crippen molar-refractivity contribution >= 4 is 5.97 Å². The number of likely N-dealkylation sites (tertiary alicyclic amines) is 2. The summed E-state index contributed by atoms with van der Waals surface area (Å²) in [7, 11) is 0. The molecule has 2 aliphatic heterocycles. The van der Waals surface area contributed by atoms with E-state index in [1.54, 1.807) is 0 Å². The maximum Gasteiger partial charge on any atom is 0.320 e. The summed E-state index contributed by atoms with van der Waals surface area (Å²) in [5.41, 5.74) is 2.90. The number of hydrogen-bond acceptors (Lipinski definition) is 3. The topological polar surface area (TPSA) is 43.8 Å². The summed E-state index contributed by atoms with van der Waals surface area (Å²) >= 11 is 0. The largest absolute Gasteiger partial charge is 0.480 e. The molecular weight excluding hydrogens is 300 g/mol. The molecule has 0 bridgehead atoms. The first-order valence-electron chi connectivity index (χ1n) is 9.26. The Morgan fingerprint density at radius 3 is 2.50 bits per heavy atom. The normalized spacial score (nSPS) is 24.5. The van der Waals surface area contributed by atoms with Gasteiger partial charge in [-0.2, -0.15) is 0 Å². The number of carboxylic acid groups (broad SMARTS) is 1. The van der Waals surface area contributed by atoms with E-state index in [1.165, 1.54) is 11.1 Å². The van der Waals surface area contributed by atoms with Gasteiger partial charge in [0.25, 0.3) is 0 Å². The minimum Gasteiger partial charge on any atom is -0.480 e. The summed E-state index contributed by atoms with van der Waals surface area (Å²) < 4.78 is 0. The second kappa shape index (κ2) is 7.24. The van der Waals surface area contributed by atoms with E-state index >= 15 is 0 Å². The van der Waals surface area contributed by atoms with E-state index in [0.29, 0.717) is 0 Å². The molecule has 24 heavy (non-hydrogen) atoms. The lowest BCUT2D eigenvalue weighted by molar-refractivity contribution is -0.142. The van der Waals surface area contributed by atoms with Gasteiger partial charge >= 0.3 is 5.97 Å². The van der Waals surface area contributed by atoms with Crippen molar-refractivity contribution < 1.29 is 9.90 Å². The van der Waals surface area contributed by atoms with Crippen molar-refractivity contribution in [1.29, 1.82) is 0 Å². The van der Waals surface area contributed by atoms with Crippen LogP contribution in [-0.2, 0) is 11.3 Å². The van der Waals surface area contributed by atoms with Crippen LogP contribution in [0.15, 0.2) is 24.3 Å². The summed E-state index contributed by atoms with van der Waals surface area (Å²) in [6, 6.07) is 8.53. The highest BCUT2D eigenvalue weighted by Gasteiger charge is 2.47. The van der Waals surface area contributed by atoms with Gasteiger partial charge < -0.3 is 5.11 Å². The highest BCUT2D eigenvalue weighted by Crippen LogP contribution is 2.43. The summed E-state index contributed by atoms with van der Waals surface area (Å²) in [5, 5.41) is 9.54. The number of carbonyl (C=O) groups is 1. The Bertz CT molecular complexity index is 562. The van der Waals surface area contributed by atoms with E-state index in [2.05, 4.69) is 47.9 Å². The maximum atomic E-state index is 11.6. The number of nitrogens with zero attached hydrogens (tertiary/aromatic N) is 2. The summed E-state index contributed by atoms with van der Waals surface area (Å²) in [5.74, 6) is -0.637. The SMILES string of the molecule is CCCN1CC2(CCN(Cc3ccc(C)cc3)CC2)C[C@H]1C(=O)O. The van der Waals surface area contributed by atoms with E-state index in [0.717, 1.165) is 58.4 Å². The minimum absolute atomic E-state index is 0.224. The third-order valence-electron chi connectivity index (χ3n) is 5.85. The molecule has 2 aliphatic rings. The first-order valence-corrected chi connectivity index (χ1v) is 9.26. The van der Waals surface area contributed by atoms with Crippen molar-refractivity contribution in [3.63, 3.8) is 0 Å². The van der Waals surface area contributed by atoms with Gasteiger partial charge in [0, 0.05) is 13.1 Å². The number of carboxylic acids is 1. The number of hydrogen-bond donors (Lipinski definition) is 1. The van der Waals surface area contributed by atoms with Crippen LogP contribution in [0, 0.1) is 12.3 Å². The number of aliphatic carboxylic acids is 1. The molecule has 4 nitrogen and oxygen atoms in total. The second-order valence-corrected chi connectivity index (χ2v) is 7.79. The van der Waals surface area contributed by atoms with E-state index in [9.17, 15) is 9.90 Å². The molecule has 1 N–H and O–H groups in total. The van der Waals surface area contributed by atoms with Crippen LogP contribution in [0.25, 0.3) is 0 Å². The first kappa shape index (κ1) is 17.4. The molecule has 0 aromatic heterocycles. The van der Waals surface area contributed by atoms with Crippen molar-refractivity contribution in [2.24, 2.45) is 5.41 Å². The first-order chi connectivity index (χ1) is 11.5. The Labute approximate surface area is 145 Å².